The van der Waals surface area contributed by atoms with Gasteiger partial charge in [-0.3, -0.25) is 9.59 Å². The number of anilines is 1. The van der Waals surface area contributed by atoms with Gasteiger partial charge in [-0.2, -0.15) is 0 Å². The summed E-state index contributed by atoms with van der Waals surface area (Å²) in [5.74, 6) is -0.180. The molecule has 1 aliphatic carbocycles. The second-order valence-electron chi connectivity index (χ2n) is 6.73. The van der Waals surface area contributed by atoms with Crippen LogP contribution in [0.4, 0.5) is 5.69 Å². The largest absolute Gasteiger partial charge is 0.392 e. The Hall–Kier alpha value is -1.88. The van der Waals surface area contributed by atoms with Gasteiger partial charge in [-0.25, -0.2) is 0 Å². The van der Waals surface area contributed by atoms with Crippen LogP contribution in [0.2, 0.25) is 0 Å². The van der Waals surface area contributed by atoms with Gasteiger partial charge in [-0.15, -0.1) is 0 Å². The van der Waals surface area contributed by atoms with Crippen molar-refractivity contribution in [3.63, 3.8) is 0 Å². The molecule has 126 valence electrons. The fourth-order valence-corrected chi connectivity index (χ4v) is 2.82. The molecular formula is C18H26N2O3. The summed E-state index contributed by atoms with van der Waals surface area (Å²) in [6, 6.07) is 5.23. The number of amides is 2. The molecule has 5 heteroatoms. The van der Waals surface area contributed by atoms with Crippen molar-refractivity contribution in [3.8, 4) is 0 Å². The Balaban J connectivity index is 2.01. The van der Waals surface area contributed by atoms with Crippen LogP contribution in [0.5, 0.6) is 0 Å². The number of nitrogens with one attached hydrogen (secondary N) is 2. The van der Waals surface area contributed by atoms with E-state index < -0.39 is 6.10 Å². The molecule has 0 bridgehead atoms. The Morgan fingerprint density at radius 2 is 2.04 bits per heavy atom. The van der Waals surface area contributed by atoms with Crippen LogP contribution in [0.1, 0.15) is 49.0 Å². The molecule has 23 heavy (non-hydrogen) atoms. The summed E-state index contributed by atoms with van der Waals surface area (Å²) in [5.41, 5.74) is 2.11. The second-order valence-corrected chi connectivity index (χ2v) is 6.73. The number of aliphatic hydroxyl groups excluding tert-OH is 1. The van der Waals surface area contributed by atoms with Crippen LogP contribution in [-0.4, -0.2) is 29.6 Å². The number of benzene rings is 1. The van der Waals surface area contributed by atoms with E-state index in [9.17, 15) is 14.7 Å². The normalized spacial score (nSPS) is 20.6. The van der Waals surface area contributed by atoms with Crippen molar-refractivity contribution in [2.45, 2.75) is 46.1 Å². The van der Waals surface area contributed by atoms with Gasteiger partial charge in [0.05, 0.1) is 12.0 Å². The molecule has 1 aromatic carbocycles. The van der Waals surface area contributed by atoms with Crippen LogP contribution >= 0.6 is 0 Å². The maximum atomic E-state index is 12.2. The monoisotopic (exact) mass is 318 g/mol. The van der Waals surface area contributed by atoms with Gasteiger partial charge in [-0.1, -0.05) is 13.8 Å². The smallest absolute Gasteiger partial charge is 0.251 e. The second kappa shape index (κ2) is 7.59. The van der Waals surface area contributed by atoms with Gasteiger partial charge in [0.15, 0.2) is 0 Å². The van der Waals surface area contributed by atoms with Gasteiger partial charge < -0.3 is 15.7 Å². The lowest BCUT2D eigenvalue weighted by Gasteiger charge is -2.16. The lowest BCUT2D eigenvalue weighted by Crippen LogP contribution is -2.29. The van der Waals surface area contributed by atoms with Crippen LogP contribution < -0.4 is 10.6 Å². The zero-order valence-electron chi connectivity index (χ0n) is 14.1. The molecule has 2 unspecified atom stereocenters. The number of carbonyl (C=O) groups excluding carboxylic acids is 2. The fraction of sp³-hybridized carbons (Fsp3) is 0.556. The van der Waals surface area contributed by atoms with Crippen LogP contribution in [0.3, 0.4) is 0 Å². The molecule has 1 fully saturated rings. The predicted molar refractivity (Wildman–Crippen MR) is 90.3 cm³/mol. The highest BCUT2D eigenvalue weighted by Gasteiger charge is 2.31. The zero-order valence-corrected chi connectivity index (χ0v) is 14.1. The third kappa shape index (κ3) is 4.55. The van der Waals surface area contributed by atoms with Crippen molar-refractivity contribution in [1.29, 1.82) is 0 Å². The van der Waals surface area contributed by atoms with E-state index >= 15 is 0 Å². The van der Waals surface area contributed by atoms with Crippen LogP contribution in [0.15, 0.2) is 18.2 Å². The van der Waals surface area contributed by atoms with Crippen molar-refractivity contribution in [2.75, 3.05) is 11.9 Å². The van der Waals surface area contributed by atoms with E-state index in [0.29, 0.717) is 30.1 Å². The van der Waals surface area contributed by atoms with E-state index in [-0.39, 0.29) is 17.7 Å². The van der Waals surface area contributed by atoms with E-state index in [1.54, 1.807) is 18.2 Å². The number of carbonyl (C=O) groups is 2. The minimum absolute atomic E-state index is 0.106. The Kier molecular flexibility index (Phi) is 5.77. The SMILES string of the molecule is Cc1cc(C(=O)NCC(C)C)ccc1NC(=O)C1CCCC1O. The molecule has 0 aliphatic heterocycles. The number of hydrogen-bond donors (Lipinski definition) is 3. The molecule has 0 aromatic heterocycles. The lowest BCUT2D eigenvalue weighted by molar-refractivity contribution is -0.122. The van der Waals surface area contributed by atoms with E-state index in [0.717, 1.165) is 18.4 Å². The molecule has 1 aliphatic rings. The number of rotatable bonds is 5. The predicted octanol–water partition coefficient (Wildman–Crippen LogP) is 2.48. The molecule has 1 saturated carbocycles. The highest BCUT2D eigenvalue weighted by molar-refractivity contribution is 5.97. The quantitative estimate of drug-likeness (QED) is 0.780. The fourth-order valence-electron chi connectivity index (χ4n) is 2.82. The maximum absolute atomic E-state index is 12.2. The Labute approximate surface area is 137 Å². The Bertz CT molecular complexity index is 584. The summed E-state index contributed by atoms with van der Waals surface area (Å²) in [6.07, 6.45) is 1.75. The zero-order chi connectivity index (χ0) is 17.0. The van der Waals surface area contributed by atoms with Crippen LogP contribution in [0, 0.1) is 18.8 Å². The highest BCUT2D eigenvalue weighted by Crippen LogP contribution is 2.27. The molecule has 0 radical (unpaired) electrons. The molecule has 0 saturated heterocycles. The van der Waals surface area contributed by atoms with Crippen molar-refractivity contribution in [2.24, 2.45) is 11.8 Å². The van der Waals surface area contributed by atoms with Crippen LogP contribution in [-0.2, 0) is 4.79 Å². The summed E-state index contributed by atoms with van der Waals surface area (Å²) in [7, 11) is 0. The van der Waals surface area contributed by atoms with Crippen molar-refractivity contribution in [3.05, 3.63) is 29.3 Å². The van der Waals surface area contributed by atoms with E-state index in [4.69, 9.17) is 0 Å². The summed E-state index contributed by atoms with van der Waals surface area (Å²) in [4.78, 5) is 24.3. The standard InChI is InChI=1S/C18H26N2O3/c1-11(2)10-19-17(22)13-7-8-15(12(3)9-13)20-18(23)14-5-4-6-16(14)21/h7-9,11,14,16,21H,4-6,10H2,1-3H3,(H,19,22)(H,20,23). The third-order valence-corrected chi connectivity index (χ3v) is 4.23. The third-order valence-electron chi connectivity index (χ3n) is 4.23. The van der Waals surface area contributed by atoms with Crippen LogP contribution in [0.25, 0.3) is 0 Å². The molecule has 1 aromatic rings. The summed E-state index contributed by atoms with van der Waals surface area (Å²) in [6.45, 7) is 6.58. The van der Waals surface area contributed by atoms with Gasteiger partial charge in [-0.05, 0) is 55.9 Å². The molecule has 0 heterocycles. The van der Waals surface area contributed by atoms with Gasteiger partial charge in [0.25, 0.3) is 5.91 Å². The van der Waals surface area contributed by atoms with E-state index in [1.165, 1.54) is 0 Å². The minimum atomic E-state index is -0.545. The van der Waals surface area contributed by atoms with E-state index in [1.807, 2.05) is 20.8 Å². The number of aryl methyl sites for hydroxylation is 1. The Morgan fingerprint density at radius 1 is 1.30 bits per heavy atom. The topological polar surface area (TPSA) is 78.4 Å². The first-order valence-electron chi connectivity index (χ1n) is 8.26. The average Bonchev–Trinajstić information content (AvgIpc) is 2.93. The van der Waals surface area contributed by atoms with E-state index in [2.05, 4.69) is 10.6 Å². The molecule has 5 nitrogen and oxygen atoms in total. The molecular weight excluding hydrogens is 292 g/mol. The molecule has 3 N–H and O–H groups in total. The molecule has 2 rings (SSSR count). The van der Waals surface area contributed by atoms with Crippen molar-refractivity contribution >= 4 is 17.5 Å². The van der Waals surface area contributed by atoms with Gasteiger partial charge in [0, 0.05) is 17.8 Å². The molecule has 0 spiro atoms. The molecule has 2 amide bonds. The average molecular weight is 318 g/mol. The maximum Gasteiger partial charge on any atom is 0.251 e. The molecule has 2 atom stereocenters. The lowest BCUT2D eigenvalue weighted by atomic mass is 10.0. The summed E-state index contributed by atoms with van der Waals surface area (Å²) < 4.78 is 0. The van der Waals surface area contributed by atoms with Gasteiger partial charge in [0.2, 0.25) is 5.91 Å². The van der Waals surface area contributed by atoms with Crippen molar-refractivity contribution < 1.29 is 14.7 Å². The first kappa shape index (κ1) is 17.5. The highest BCUT2D eigenvalue weighted by atomic mass is 16.3. The number of aliphatic hydroxyl groups is 1. The minimum Gasteiger partial charge on any atom is -0.392 e. The summed E-state index contributed by atoms with van der Waals surface area (Å²) in [5, 5.41) is 15.6. The first-order valence-corrected chi connectivity index (χ1v) is 8.26. The first-order chi connectivity index (χ1) is 10.9. The van der Waals surface area contributed by atoms with Gasteiger partial charge >= 0.3 is 0 Å². The summed E-state index contributed by atoms with van der Waals surface area (Å²) >= 11 is 0. The van der Waals surface area contributed by atoms with Crippen molar-refractivity contribution in [1.82, 2.24) is 5.32 Å². The Morgan fingerprint density at radius 3 is 2.61 bits per heavy atom. The van der Waals surface area contributed by atoms with Gasteiger partial charge in [0.1, 0.15) is 0 Å². The number of hydrogen-bond acceptors (Lipinski definition) is 3.